The first kappa shape index (κ1) is 20.8. The zero-order valence-corrected chi connectivity index (χ0v) is 18.2. The lowest BCUT2D eigenvalue weighted by atomic mass is 10.0. The van der Waals surface area contributed by atoms with E-state index in [1.807, 2.05) is 60.7 Å². The lowest BCUT2D eigenvalue weighted by Crippen LogP contribution is -2.42. The number of hydrogen-bond donors (Lipinski definition) is 1. The van der Waals surface area contributed by atoms with Crippen molar-refractivity contribution in [3.05, 3.63) is 90.0 Å². The summed E-state index contributed by atoms with van der Waals surface area (Å²) in [5, 5.41) is 3.52. The standard InChI is InChI=1S/C26H24N2O5/c1-3-12-31-21-11-9-18(14-23(21)30-2)25-27-20-7-5-4-6-19(20)26(29)28(25)15-17-8-10-22-24(13-17)33-16-32-22/h3-11,13-14,25,27H,1,12,15-16H2,2H3. The average Bonchev–Trinajstić information content (AvgIpc) is 3.32. The summed E-state index contributed by atoms with van der Waals surface area (Å²) in [5.41, 5.74) is 3.24. The highest BCUT2D eigenvalue weighted by molar-refractivity contribution is 6.01. The van der Waals surface area contributed by atoms with Gasteiger partial charge in [-0.2, -0.15) is 0 Å². The number of nitrogens with zero attached hydrogens (tertiary/aromatic N) is 1. The summed E-state index contributed by atoms with van der Waals surface area (Å²) in [5.74, 6) is 2.55. The molecular formula is C26H24N2O5. The Hall–Kier alpha value is -4.13. The van der Waals surface area contributed by atoms with E-state index in [-0.39, 0.29) is 12.7 Å². The molecule has 5 rings (SSSR count). The number of rotatable bonds is 7. The molecule has 0 spiro atoms. The van der Waals surface area contributed by atoms with Gasteiger partial charge >= 0.3 is 0 Å². The lowest BCUT2D eigenvalue weighted by Gasteiger charge is -2.38. The number of fused-ring (bicyclic) bond motifs is 2. The third-order valence-electron chi connectivity index (χ3n) is 5.67. The summed E-state index contributed by atoms with van der Waals surface area (Å²) in [6.45, 7) is 4.66. The SMILES string of the molecule is C=CCOc1ccc(C2Nc3ccccc3C(=O)N2Cc2ccc3c(c2)OCO3)cc1OC. The Morgan fingerprint density at radius 2 is 1.94 bits per heavy atom. The van der Waals surface area contributed by atoms with E-state index in [1.165, 1.54) is 0 Å². The van der Waals surface area contributed by atoms with Gasteiger partial charge < -0.3 is 29.2 Å². The van der Waals surface area contributed by atoms with Crippen LogP contribution in [0.25, 0.3) is 0 Å². The average molecular weight is 444 g/mol. The van der Waals surface area contributed by atoms with Crippen LogP contribution in [0.4, 0.5) is 5.69 Å². The molecule has 3 aromatic rings. The van der Waals surface area contributed by atoms with Crippen molar-refractivity contribution in [3.8, 4) is 23.0 Å². The largest absolute Gasteiger partial charge is 0.493 e. The van der Waals surface area contributed by atoms with Gasteiger partial charge in [-0.1, -0.05) is 36.9 Å². The first-order chi connectivity index (χ1) is 16.2. The van der Waals surface area contributed by atoms with Gasteiger partial charge in [-0.25, -0.2) is 0 Å². The van der Waals surface area contributed by atoms with Gasteiger partial charge in [0.05, 0.1) is 12.7 Å². The maximum absolute atomic E-state index is 13.6. The second-order valence-electron chi connectivity index (χ2n) is 7.72. The molecule has 0 radical (unpaired) electrons. The molecule has 0 saturated heterocycles. The van der Waals surface area contributed by atoms with Crippen LogP contribution in [0.1, 0.15) is 27.7 Å². The molecule has 3 aromatic carbocycles. The highest BCUT2D eigenvalue weighted by atomic mass is 16.7. The molecule has 0 aliphatic carbocycles. The fraction of sp³-hybridized carbons (Fsp3) is 0.192. The van der Waals surface area contributed by atoms with Crippen LogP contribution in [-0.4, -0.2) is 31.3 Å². The van der Waals surface area contributed by atoms with Crippen LogP contribution in [0.2, 0.25) is 0 Å². The van der Waals surface area contributed by atoms with Crippen LogP contribution in [0.3, 0.4) is 0 Å². The van der Waals surface area contributed by atoms with Crippen molar-refractivity contribution < 1.29 is 23.7 Å². The normalized spacial score (nSPS) is 16.1. The minimum Gasteiger partial charge on any atom is -0.493 e. The van der Waals surface area contributed by atoms with Gasteiger partial charge in [0.2, 0.25) is 6.79 Å². The molecule has 0 bridgehead atoms. The Bertz CT molecular complexity index is 1210. The molecule has 7 heteroatoms. The third kappa shape index (κ3) is 3.93. The van der Waals surface area contributed by atoms with Crippen molar-refractivity contribution >= 4 is 11.6 Å². The monoisotopic (exact) mass is 444 g/mol. The van der Waals surface area contributed by atoms with Gasteiger partial charge in [0.15, 0.2) is 23.0 Å². The van der Waals surface area contributed by atoms with E-state index in [2.05, 4.69) is 11.9 Å². The van der Waals surface area contributed by atoms with Gasteiger partial charge in [0.25, 0.3) is 5.91 Å². The number of anilines is 1. The quantitative estimate of drug-likeness (QED) is 0.530. The highest BCUT2D eigenvalue weighted by Crippen LogP contribution is 2.39. The highest BCUT2D eigenvalue weighted by Gasteiger charge is 2.33. The molecule has 168 valence electrons. The topological polar surface area (TPSA) is 69.3 Å². The van der Waals surface area contributed by atoms with E-state index >= 15 is 0 Å². The molecule has 1 amide bonds. The number of para-hydroxylation sites is 1. The molecule has 2 aliphatic heterocycles. The fourth-order valence-electron chi connectivity index (χ4n) is 4.08. The number of hydrogen-bond acceptors (Lipinski definition) is 6. The Morgan fingerprint density at radius 3 is 2.79 bits per heavy atom. The van der Waals surface area contributed by atoms with Crippen molar-refractivity contribution in [3.63, 3.8) is 0 Å². The van der Waals surface area contributed by atoms with Crippen molar-refractivity contribution in [2.45, 2.75) is 12.7 Å². The summed E-state index contributed by atoms with van der Waals surface area (Å²) in [7, 11) is 1.60. The minimum absolute atomic E-state index is 0.0574. The first-order valence-electron chi connectivity index (χ1n) is 10.6. The summed E-state index contributed by atoms with van der Waals surface area (Å²) in [6, 6.07) is 18.9. The maximum atomic E-state index is 13.6. The van der Waals surface area contributed by atoms with E-state index in [4.69, 9.17) is 18.9 Å². The van der Waals surface area contributed by atoms with E-state index in [9.17, 15) is 4.79 Å². The molecule has 2 aliphatic rings. The van der Waals surface area contributed by atoms with Gasteiger partial charge in [-0.15, -0.1) is 0 Å². The Labute approximate surface area is 192 Å². The second kappa shape index (κ2) is 8.78. The zero-order chi connectivity index (χ0) is 22.8. The molecule has 0 aromatic heterocycles. The number of nitrogens with one attached hydrogen (secondary N) is 1. The van der Waals surface area contributed by atoms with Crippen LogP contribution in [0, 0.1) is 0 Å². The Kier molecular flexibility index (Phi) is 5.52. The van der Waals surface area contributed by atoms with Gasteiger partial charge in [0.1, 0.15) is 12.8 Å². The Balaban J connectivity index is 1.52. The molecule has 2 heterocycles. The lowest BCUT2D eigenvalue weighted by molar-refractivity contribution is 0.0666. The van der Waals surface area contributed by atoms with E-state index in [1.54, 1.807) is 18.1 Å². The molecule has 1 N–H and O–H groups in total. The summed E-state index contributed by atoms with van der Waals surface area (Å²) in [6.07, 6.45) is 1.28. The number of benzene rings is 3. The van der Waals surface area contributed by atoms with Crippen molar-refractivity contribution in [1.29, 1.82) is 0 Å². The van der Waals surface area contributed by atoms with Crippen LogP contribution < -0.4 is 24.3 Å². The predicted molar refractivity (Wildman–Crippen MR) is 124 cm³/mol. The minimum atomic E-state index is -0.403. The number of methoxy groups -OCH3 is 1. The van der Waals surface area contributed by atoms with Crippen molar-refractivity contribution in [2.24, 2.45) is 0 Å². The van der Waals surface area contributed by atoms with Crippen LogP contribution in [-0.2, 0) is 6.54 Å². The number of ether oxygens (including phenoxy) is 4. The Morgan fingerprint density at radius 1 is 1.09 bits per heavy atom. The molecule has 1 atom stereocenters. The van der Waals surface area contributed by atoms with Crippen LogP contribution in [0.5, 0.6) is 23.0 Å². The number of carbonyl (C=O) groups is 1. The van der Waals surface area contributed by atoms with E-state index in [0.29, 0.717) is 41.7 Å². The second-order valence-corrected chi connectivity index (χ2v) is 7.72. The van der Waals surface area contributed by atoms with Crippen LogP contribution in [0.15, 0.2) is 73.3 Å². The summed E-state index contributed by atoms with van der Waals surface area (Å²) in [4.78, 5) is 15.4. The molecule has 1 unspecified atom stereocenters. The number of amides is 1. The fourth-order valence-corrected chi connectivity index (χ4v) is 4.08. The van der Waals surface area contributed by atoms with Gasteiger partial charge in [-0.3, -0.25) is 4.79 Å². The van der Waals surface area contributed by atoms with E-state index < -0.39 is 6.17 Å². The molecule has 0 fully saturated rings. The molecule has 33 heavy (non-hydrogen) atoms. The number of carbonyl (C=O) groups excluding carboxylic acids is 1. The van der Waals surface area contributed by atoms with Crippen molar-refractivity contribution in [1.82, 2.24) is 4.90 Å². The third-order valence-corrected chi connectivity index (χ3v) is 5.67. The zero-order valence-electron chi connectivity index (χ0n) is 18.2. The first-order valence-corrected chi connectivity index (χ1v) is 10.6. The molecular weight excluding hydrogens is 420 g/mol. The van der Waals surface area contributed by atoms with Crippen molar-refractivity contribution in [2.75, 3.05) is 25.8 Å². The summed E-state index contributed by atoms with van der Waals surface area (Å²) < 4.78 is 22.2. The maximum Gasteiger partial charge on any atom is 0.258 e. The molecule has 7 nitrogen and oxygen atoms in total. The molecule has 0 saturated carbocycles. The predicted octanol–water partition coefficient (Wildman–Crippen LogP) is 4.76. The van der Waals surface area contributed by atoms with Gasteiger partial charge in [-0.05, 0) is 47.5 Å². The van der Waals surface area contributed by atoms with Crippen LogP contribution >= 0.6 is 0 Å². The van der Waals surface area contributed by atoms with Gasteiger partial charge in [0, 0.05) is 12.2 Å². The van der Waals surface area contributed by atoms with E-state index in [0.717, 1.165) is 16.8 Å². The summed E-state index contributed by atoms with van der Waals surface area (Å²) >= 11 is 0. The smallest absolute Gasteiger partial charge is 0.258 e.